The maximum Gasteiger partial charge on any atom is 0.316 e. The van der Waals surface area contributed by atoms with Gasteiger partial charge in [-0.05, 0) is 0 Å². The van der Waals surface area contributed by atoms with Gasteiger partial charge in [-0.15, -0.1) is 0 Å². The van der Waals surface area contributed by atoms with E-state index in [1.165, 1.54) is 0 Å². The summed E-state index contributed by atoms with van der Waals surface area (Å²) >= 11 is 0. The minimum atomic E-state index is 0. The van der Waals surface area contributed by atoms with Crippen LogP contribution >= 0.6 is 0 Å². The van der Waals surface area contributed by atoms with Crippen molar-refractivity contribution in [3.8, 4) is 0 Å². The standard InChI is InChI=1S/3FH.Mg.2H/h3*1H;;;. The van der Waals surface area contributed by atoms with Crippen LogP contribution in [0.25, 0.3) is 0 Å². The summed E-state index contributed by atoms with van der Waals surface area (Å²) in [5, 5.41) is 0. The van der Waals surface area contributed by atoms with Gasteiger partial charge in [0.2, 0.25) is 0 Å². The number of rotatable bonds is 0. The van der Waals surface area contributed by atoms with Gasteiger partial charge in [-0.25, -0.2) is 0 Å². The van der Waals surface area contributed by atoms with E-state index in [1.807, 2.05) is 0 Å². The zero-order valence-corrected chi connectivity index (χ0v) is 1.22. The molecule has 0 unspecified atom stereocenters. The van der Waals surface area contributed by atoms with Crippen molar-refractivity contribution in [3.63, 3.8) is 0 Å². The molecule has 0 amide bonds. The van der Waals surface area contributed by atoms with Crippen molar-refractivity contribution in [1.29, 1.82) is 0 Å². The Balaban J connectivity index is 0. The molecule has 0 atom stereocenters. The van der Waals surface area contributed by atoms with Crippen LogP contribution in [-0.2, 0) is 0 Å². The molecular formula is H5F3Mg. The zero-order chi connectivity index (χ0) is 0. The third-order valence-electron chi connectivity index (χ3n) is 0. The molecule has 0 aliphatic rings. The Labute approximate surface area is 37.8 Å². The molecule has 0 aliphatic heterocycles. The Bertz CT molecular complexity index is 3.25. The molecule has 0 N–H and O–H groups in total. The van der Waals surface area contributed by atoms with Crippen LogP contribution in [-0.4, -0.2) is 23.1 Å². The Hall–Kier alpha value is 0.556. The first kappa shape index (κ1) is 186. The van der Waals surface area contributed by atoms with Crippen LogP contribution < -0.4 is 0 Å². The predicted molar refractivity (Wildman–Crippen MR) is 16.1 cm³/mol. The maximum atomic E-state index is 0. The SMILES string of the molecule is F.F.F.[MgH2]. The van der Waals surface area contributed by atoms with Gasteiger partial charge in [0.25, 0.3) is 0 Å². The lowest BCUT2D eigenvalue weighted by Crippen LogP contribution is -0.381. The van der Waals surface area contributed by atoms with E-state index in [-0.39, 0.29) is 37.2 Å². The highest BCUT2D eigenvalue weighted by molar-refractivity contribution is 5.75. The summed E-state index contributed by atoms with van der Waals surface area (Å²) < 4.78 is 0. The Morgan fingerprint density at radius 2 is 0.500 bits per heavy atom. The molecule has 0 nitrogen and oxygen atoms in total. The predicted octanol–water partition coefficient (Wildman–Crippen LogP) is -0.459. The smallest absolute Gasteiger partial charge is 0.269 e. The number of hydrogen-bond acceptors (Lipinski definition) is 0. The molecule has 0 aliphatic carbocycles. The molecule has 0 aromatic rings. The average molecular weight is 86.3 g/mol. The van der Waals surface area contributed by atoms with Gasteiger partial charge >= 0.3 is 23.1 Å². The molecule has 4 heteroatoms. The Morgan fingerprint density at radius 1 is 0.500 bits per heavy atom. The van der Waals surface area contributed by atoms with Gasteiger partial charge < -0.3 is 0 Å². The maximum absolute atomic E-state index is 0. The van der Waals surface area contributed by atoms with Crippen LogP contribution in [0.3, 0.4) is 0 Å². The summed E-state index contributed by atoms with van der Waals surface area (Å²) in [6, 6.07) is 0. The van der Waals surface area contributed by atoms with Crippen molar-refractivity contribution >= 4 is 23.1 Å². The molecule has 28 valence electrons. The molecule has 0 rings (SSSR count). The quantitative estimate of drug-likeness (QED) is 0.350. The van der Waals surface area contributed by atoms with Gasteiger partial charge in [0.1, 0.15) is 0 Å². The number of halogens is 3. The van der Waals surface area contributed by atoms with E-state index in [0.29, 0.717) is 0 Å². The van der Waals surface area contributed by atoms with Gasteiger partial charge in [0, 0.05) is 0 Å². The van der Waals surface area contributed by atoms with Gasteiger partial charge in [-0.2, -0.15) is 0 Å². The summed E-state index contributed by atoms with van der Waals surface area (Å²) in [7, 11) is 0. The summed E-state index contributed by atoms with van der Waals surface area (Å²) in [5.41, 5.74) is 0. The van der Waals surface area contributed by atoms with Crippen LogP contribution in [0.5, 0.6) is 0 Å². The fourth-order valence-electron chi connectivity index (χ4n) is 0. The second kappa shape index (κ2) is 75.1. The van der Waals surface area contributed by atoms with Crippen molar-refractivity contribution in [1.82, 2.24) is 0 Å². The highest BCUT2D eigenvalue weighted by Gasteiger charge is 0.316. The van der Waals surface area contributed by atoms with Crippen LogP contribution in [0.4, 0.5) is 14.1 Å². The largest absolute Gasteiger partial charge is 0.316 e. The summed E-state index contributed by atoms with van der Waals surface area (Å²) in [6.45, 7) is 0. The van der Waals surface area contributed by atoms with E-state index in [4.69, 9.17) is 0 Å². The molecule has 0 bridgehead atoms. The first-order chi connectivity index (χ1) is 0. The molecular weight excluding hydrogens is 81.3 g/mol. The zero-order valence-electron chi connectivity index (χ0n) is 1.22. The first-order valence-corrected chi connectivity index (χ1v) is 0. The van der Waals surface area contributed by atoms with Crippen molar-refractivity contribution in [2.75, 3.05) is 0 Å². The lowest BCUT2D eigenvalue weighted by atomic mass is 19.0. The van der Waals surface area contributed by atoms with Crippen LogP contribution in [0, 0.1) is 0 Å². The number of hydrogen-bond donors (Lipinski definition) is 0. The lowest BCUT2D eigenvalue weighted by Gasteiger charge is -0.270. The second-order valence-corrected chi connectivity index (χ2v) is 0. The third kappa shape index (κ3) is 20.0. The van der Waals surface area contributed by atoms with E-state index >= 15 is 0 Å². The van der Waals surface area contributed by atoms with Crippen molar-refractivity contribution < 1.29 is 14.1 Å². The molecule has 0 saturated heterocycles. The molecule has 4 heavy (non-hydrogen) atoms. The van der Waals surface area contributed by atoms with Gasteiger partial charge in [-0.1, -0.05) is 0 Å². The first-order valence-electron chi connectivity index (χ1n) is 0. The minimum absolute atomic E-state index is 0. The Morgan fingerprint density at radius 3 is 0.500 bits per heavy atom. The molecule has 0 saturated carbocycles. The topological polar surface area (TPSA) is 0 Å². The summed E-state index contributed by atoms with van der Waals surface area (Å²) in [5.74, 6) is 0. The fraction of sp³-hybridized carbons (Fsp3) is 0. The van der Waals surface area contributed by atoms with E-state index in [9.17, 15) is 0 Å². The summed E-state index contributed by atoms with van der Waals surface area (Å²) in [6.07, 6.45) is 0. The fourth-order valence-corrected chi connectivity index (χ4v) is 0. The summed E-state index contributed by atoms with van der Waals surface area (Å²) in [4.78, 5) is 0. The van der Waals surface area contributed by atoms with Crippen molar-refractivity contribution in [2.45, 2.75) is 0 Å². The normalized spacial score (nSPS) is 0. The highest BCUT2D eigenvalue weighted by atomic mass is 24.3. The third-order valence-corrected chi connectivity index (χ3v) is 0. The average Bonchev–Trinajstić information content (AvgIpc) is 0. The van der Waals surface area contributed by atoms with E-state index in [0.717, 1.165) is 0 Å². The molecule has 0 fully saturated rings. The van der Waals surface area contributed by atoms with Crippen LogP contribution in [0.1, 0.15) is 0 Å². The Kier molecular flexibility index (Phi) is 3500. The molecule has 0 heterocycles. The molecule has 0 radical (unpaired) electrons. The molecule has 0 aromatic carbocycles. The minimum Gasteiger partial charge on any atom is -0.269 e. The molecule has 0 spiro atoms. The van der Waals surface area contributed by atoms with Crippen molar-refractivity contribution in [3.05, 3.63) is 0 Å². The highest BCUT2D eigenvalue weighted by Crippen LogP contribution is 0.422. The van der Waals surface area contributed by atoms with Gasteiger partial charge in [0.15, 0.2) is 0 Å². The van der Waals surface area contributed by atoms with Gasteiger partial charge in [0.05, 0.1) is 0 Å². The molecule has 0 aromatic heterocycles. The van der Waals surface area contributed by atoms with Gasteiger partial charge in [-0.3, -0.25) is 14.1 Å². The monoisotopic (exact) mass is 86.0 g/mol. The second-order valence-electron chi connectivity index (χ2n) is 0. The lowest BCUT2D eigenvalue weighted by molar-refractivity contribution is 1.11. The van der Waals surface area contributed by atoms with E-state index < -0.39 is 0 Å². The van der Waals surface area contributed by atoms with E-state index in [1.54, 1.807) is 0 Å². The van der Waals surface area contributed by atoms with Crippen LogP contribution in [0.15, 0.2) is 0 Å². The van der Waals surface area contributed by atoms with Crippen molar-refractivity contribution in [2.24, 2.45) is 0 Å². The van der Waals surface area contributed by atoms with E-state index in [2.05, 4.69) is 0 Å². The van der Waals surface area contributed by atoms with Crippen LogP contribution in [0.2, 0.25) is 0 Å².